The van der Waals surface area contributed by atoms with Crippen LogP contribution in [0.15, 0.2) is 28.7 Å². The van der Waals surface area contributed by atoms with Crippen LogP contribution in [0.5, 0.6) is 0 Å². The average molecular weight is 395 g/mol. The van der Waals surface area contributed by atoms with Gasteiger partial charge in [0.25, 0.3) is 0 Å². The summed E-state index contributed by atoms with van der Waals surface area (Å²) in [6.07, 6.45) is 1.95. The van der Waals surface area contributed by atoms with Crippen molar-refractivity contribution in [1.82, 2.24) is 15.1 Å². The van der Waals surface area contributed by atoms with Crippen LogP contribution in [0.2, 0.25) is 0 Å². The maximum atomic E-state index is 5.37. The molecule has 0 unspecified atom stereocenters. The molecule has 0 saturated heterocycles. The molecular formula is C17H23BrN4S. The number of para-hydroxylation sites is 1. The lowest BCUT2D eigenvalue weighted by Gasteiger charge is -2.13. The molecule has 0 amide bonds. The highest BCUT2D eigenvalue weighted by Crippen LogP contribution is 2.19. The standard InChI is InChI=1S/C17H23BrN4S/c1-4-14-8-5-6-9-15(14)20-17(23)19-10-7-11-22-13(3)16(18)12(2)21-22/h5-6,8-9H,4,7,10-11H2,1-3H3,(H2,19,20,23). The molecule has 23 heavy (non-hydrogen) atoms. The number of anilines is 1. The predicted molar refractivity (Wildman–Crippen MR) is 104 cm³/mol. The van der Waals surface area contributed by atoms with Gasteiger partial charge in [-0.3, -0.25) is 4.68 Å². The van der Waals surface area contributed by atoms with Crippen molar-refractivity contribution in [2.45, 2.75) is 40.2 Å². The Balaban J connectivity index is 1.78. The van der Waals surface area contributed by atoms with Crippen LogP contribution >= 0.6 is 28.1 Å². The topological polar surface area (TPSA) is 41.9 Å². The Bertz CT molecular complexity index is 681. The molecule has 124 valence electrons. The van der Waals surface area contributed by atoms with Gasteiger partial charge in [-0.2, -0.15) is 5.10 Å². The second kappa shape index (κ2) is 8.45. The number of aromatic nitrogens is 2. The molecule has 2 N–H and O–H groups in total. The third-order valence-corrected chi connectivity index (χ3v) is 5.17. The summed E-state index contributed by atoms with van der Waals surface area (Å²) >= 11 is 8.93. The fraction of sp³-hybridized carbons (Fsp3) is 0.412. The number of nitrogens with one attached hydrogen (secondary N) is 2. The number of halogens is 1. The van der Waals surface area contributed by atoms with Crippen molar-refractivity contribution in [3.05, 3.63) is 45.7 Å². The Morgan fingerprint density at radius 3 is 2.70 bits per heavy atom. The van der Waals surface area contributed by atoms with E-state index in [-0.39, 0.29) is 0 Å². The van der Waals surface area contributed by atoms with Gasteiger partial charge < -0.3 is 10.6 Å². The minimum atomic E-state index is 0.667. The van der Waals surface area contributed by atoms with Crippen molar-refractivity contribution in [3.63, 3.8) is 0 Å². The highest BCUT2D eigenvalue weighted by molar-refractivity contribution is 9.10. The van der Waals surface area contributed by atoms with Crippen LogP contribution in [0.1, 0.15) is 30.3 Å². The van der Waals surface area contributed by atoms with Gasteiger partial charge in [-0.15, -0.1) is 0 Å². The predicted octanol–water partition coefficient (Wildman–Crippen LogP) is 4.20. The van der Waals surface area contributed by atoms with E-state index in [9.17, 15) is 0 Å². The summed E-state index contributed by atoms with van der Waals surface area (Å²) in [5, 5.41) is 11.7. The molecule has 2 rings (SSSR count). The Morgan fingerprint density at radius 2 is 2.04 bits per heavy atom. The van der Waals surface area contributed by atoms with Gasteiger partial charge in [0.2, 0.25) is 0 Å². The van der Waals surface area contributed by atoms with E-state index < -0.39 is 0 Å². The lowest BCUT2D eigenvalue weighted by molar-refractivity contribution is 0.558. The molecule has 2 aromatic rings. The average Bonchev–Trinajstić information content (AvgIpc) is 2.79. The Labute approximate surface area is 151 Å². The highest BCUT2D eigenvalue weighted by atomic mass is 79.9. The largest absolute Gasteiger partial charge is 0.362 e. The van der Waals surface area contributed by atoms with E-state index >= 15 is 0 Å². The number of hydrogen-bond acceptors (Lipinski definition) is 2. The van der Waals surface area contributed by atoms with Crippen molar-refractivity contribution in [3.8, 4) is 0 Å². The zero-order valence-electron chi connectivity index (χ0n) is 13.8. The molecule has 1 heterocycles. The fourth-order valence-corrected chi connectivity index (χ4v) is 2.94. The van der Waals surface area contributed by atoms with Crippen LogP contribution < -0.4 is 10.6 Å². The summed E-state index contributed by atoms with van der Waals surface area (Å²) in [6.45, 7) is 7.92. The van der Waals surface area contributed by atoms with E-state index in [0.29, 0.717) is 5.11 Å². The molecule has 0 fully saturated rings. The normalized spacial score (nSPS) is 10.6. The van der Waals surface area contributed by atoms with Gasteiger partial charge in [0.15, 0.2) is 5.11 Å². The molecule has 0 spiro atoms. The van der Waals surface area contributed by atoms with Crippen LogP contribution in [0.25, 0.3) is 0 Å². The summed E-state index contributed by atoms with van der Waals surface area (Å²) in [7, 11) is 0. The number of thiocarbonyl (C=S) groups is 1. The van der Waals surface area contributed by atoms with Gasteiger partial charge in [-0.1, -0.05) is 25.1 Å². The Hall–Kier alpha value is -1.40. The highest BCUT2D eigenvalue weighted by Gasteiger charge is 2.08. The number of nitrogens with zero attached hydrogens (tertiary/aromatic N) is 2. The zero-order chi connectivity index (χ0) is 16.8. The summed E-state index contributed by atoms with van der Waals surface area (Å²) in [6, 6.07) is 8.24. The summed E-state index contributed by atoms with van der Waals surface area (Å²) in [5.41, 5.74) is 4.54. The van der Waals surface area contributed by atoms with Crippen LogP contribution in [0.3, 0.4) is 0 Å². The fourth-order valence-electron chi connectivity index (χ4n) is 2.44. The minimum Gasteiger partial charge on any atom is -0.362 e. The van der Waals surface area contributed by atoms with Gasteiger partial charge >= 0.3 is 0 Å². The second-order valence-electron chi connectivity index (χ2n) is 5.45. The third-order valence-electron chi connectivity index (χ3n) is 3.77. The molecule has 0 aliphatic heterocycles. The molecule has 1 aromatic carbocycles. The zero-order valence-corrected chi connectivity index (χ0v) is 16.2. The number of benzene rings is 1. The number of hydrogen-bond donors (Lipinski definition) is 2. The van der Waals surface area contributed by atoms with E-state index in [2.05, 4.69) is 57.6 Å². The quantitative estimate of drug-likeness (QED) is 0.568. The molecule has 0 bridgehead atoms. The minimum absolute atomic E-state index is 0.667. The monoisotopic (exact) mass is 394 g/mol. The molecule has 1 aromatic heterocycles. The first-order valence-electron chi connectivity index (χ1n) is 7.85. The summed E-state index contributed by atoms with van der Waals surface area (Å²) in [5.74, 6) is 0. The second-order valence-corrected chi connectivity index (χ2v) is 6.65. The van der Waals surface area contributed by atoms with Crippen molar-refractivity contribution in [2.75, 3.05) is 11.9 Å². The van der Waals surface area contributed by atoms with Gasteiger partial charge in [-0.25, -0.2) is 0 Å². The van der Waals surface area contributed by atoms with E-state index in [4.69, 9.17) is 12.2 Å². The molecule has 6 heteroatoms. The maximum absolute atomic E-state index is 5.37. The number of aryl methyl sites for hydroxylation is 3. The molecule has 0 saturated carbocycles. The van der Waals surface area contributed by atoms with Gasteiger partial charge in [0, 0.05) is 24.5 Å². The van der Waals surface area contributed by atoms with Crippen LogP contribution in [-0.4, -0.2) is 21.4 Å². The Morgan fingerprint density at radius 1 is 1.30 bits per heavy atom. The number of rotatable bonds is 6. The SMILES string of the molecule is CCc1ccccc1NC(=S)NCCCn1nc(C)c(Br)c1C. The van der Waals surface area contributed by atoms with Gasteiger partial charge in [-0.05, 0) is 66.5 Å². The van der Waals surface area contributed by atoms with Crippen molar-refractivity contribution in [1.29, 1.82) is 0 Å². The lowest BCUT2D eigenvalue weighted by Crippen LogP contribution is -2.30. The van der Waals surface area contributed by atoms with Crippen molar-refractivity contribution < 1.29 is 0 Å². The van der Waals surface area contributed by atoms with Crippen LogP contribution in [0, 0.1) is 13.8 Å². The third kappa shape index (κ3) is 4.78. The molecule has 0 radical (unpaired) electrons. The molecular weight excluding hydrogens is 372 g/mol. The Kier molecular flexibility index (Phi) is 6.59. The van der Waals surface area contributed by atoms with E-state index in [0.717, 1.165) is 41.8 Å². The van der Waals surface area contributed by atoms with Crippen LogP contribution in [0.4, 0.5) is 5.69 Å². The van der Waals surface area contributed by atoms with Crippen molar-refractivity contribution >= 4 is 38.9 Å². The lowest BCUT2D eigenvalue weighted by atomic mass is 10.1. The summed E-state index contributed by atoms with van der Waals surface area (Å²) in [4.78, 5) is 0. The first-order valence-corrected chi connectivity index (χ1v) is 9.05. The smallest absolute Gasteiger partial charge is 0.170 e. The molecule has 4 nitrogen and oxygen atoms in total. The first kappa shape index (κ1) is 17.9. The van der Waals surface area contributed by atoms with Crippen molar-refractivity contribution in [2.24, 2.45) is 0 Å². The molecule has 0 aliphatic rings. The summed E-state index contributed by atoms with van der Waals surface area (Å²) < 4.78 is 3.13. The van der Waals surface area contributed by atoms with E-state index in [1.807, 2.05) is 23.7 Å². The van der Waals surface area contributed by atoms with Gasteiger partial charge in [0.05, 0.1) is 10.2 Å². The van der Waals surface area contributed by atoms with E-state index in [1.165, 1.54) is 11.3 Å². The van der Waals surface area contributed by atoms with Crippen LogP contribution in [-0.2, 0) is 13.0 Å². The molecule has 0 atom stereocenters. The maximum Gasteiger partial charge on any atom is 0.170 e. The first-order chi connectivity index (χ1) is 11.0. The van der Waals surface area contributed by atoms with E-state index in [1.54, 1.807) is 0 Å². The molecule has 0 aliphatic carbocycles. The van der Waals surface area contributed by atoms with Gasteiger partial charge in [0.1, 0.15) is 0 Å².